The van der Waals surface area contributed by atoms with Crippen LogP contribution in [0.5, 0.6) is 17.2 Å². The Morgan fingerprint density at radius 3 is 2.53 bits per heavy atom. The van der Waals surface area contributed by atoms with Crippen LogP contribution in [0.2, 0.25) is 10.2 Å². The number of ether oxygens (including phenoxy) is 3. The van der Waals surface area contributed by atoms with Gasteiger partial charge in [0, 0.05) is 18.2 Å². The number of carbonyl (C=O) groups excluding carboxylic acids is 1. The van der Waals surface area contributed by atoms with E-state index in [1.54, 1.807) is 39.3 Å². The van der Waals surface area contributed by atoms with Crippen molar-refractivity contribution in [1.29, 1.82) is 0 Å². The zero-order valence-electron chi connectivity index (χ0n) is 28.1. The molecule has 0 saturated heterocycles. The molecule has 0 saturated carbocycles. The number of esters is 1. The molecule has 3 aromatic heterocycles. The average Bonchev–Trinajstić information content (AvgIpc) is 3.44. The molecule has 3 heterocycles. The summed E-state index contributed by atoms with van der Waals surface area (Å²) in [7, 11) is 2.92. The third-order valence-corrected chi connectivity index (χ3v) is 9.01. The summed E-state index contributed by atoms with van der Waals surface area (Å²) in [5.74, 6) is 7.41. The number of benzene rings is 3. The molecule has 6 rings (SSSR count). The van der Waals surface area contributed by atoms with Crippen molar-refractivity contribution in [3.8, 4) is 51.6 Å². The molecule has 13 heteroatoms. The van der Waals surface area contributed by atoms with E-state index in [9.17, 15) is 9.90 Å². The van der Waals surface area contributed by atoms with E-state index in [-0.39, 0.29) is 29.0 Å². The van der Waals surface area contributed by atoms with Crippen LogP contribution in [-0.2, 0) is 22.6 Å². The van der Waals surface area contributed by atoms with Crippen LogP contribution in [0.25, 0.3) is 28.0 Å². The van der Waals surface area contributed by atoms with E-state index in [1.807, 2.05) is 48.5 Å². The van der Waals surface area contributed by atoms with Crippen molar-refractivity contribution >= 4 is 40.5 Å². The number of carbonyl (C=O) groups is 1. The Kier molecular flexibility index (Phi) is 10.6. The number of nitrogens with zero attached hydrogens (tertiary/aromatic N) is 5. The predicted octanol–water partition coefficient (Wildman–Crippen LogP) is 7.33. The lowest BCUT2D eigenvalue weighted by Crippen LogP contribution is -2.33. The highest BCUT2D eigenvalue weighted by Crippen LogP contribution is 2.42. The molecule has 11 nitrogen and oxygen atoms in total. The van der Waals surface area contributed by atoms with Crippen molar-refractivity contribution in [2.24, 2.45) is 0 Å². The summed E-state index contributed by atoms with van der Waals surface area (Å²) in [5.41, 5.74) is 4.93. The molecule has 0 aliphatic heterocycles. The Labute approximate surface area is 304 Å². The first kappa shape index (κ1) is 35.0. The number of anilines is 1. The third-order valence-electron chi connectivity index (χ3n) is 8.18. The van der Waals surface area contributed by atoms with Crippen molar-refractivity contribution < 1.29 is 24.1 Å². The Morgan fingerprint density at radius 1 is 1.00 bits per heavy atom. The van der Waals surface area contributed by atoms with Gasteiger partial charge in [-0.2, -0.15) is 5.10 Å². The fraction of sp³-hybridized carbons (Fsp3) is 0.184. The highest BCUT2D eigenvalue weighted by atomic mass is 35.5. The van der Waals surface area contributed by atoms with Gasteiger partial charge in [-0.25, -0.2) is 24.3 Å². The van der Waals surface area contributed by atoms with Gasteiger partial charge in [0.1, 0.15) is 46.9 Å². The predicted molar refractivity (Wildman–Crippen MR) is 195 cm³/mol. The third kappa shape index (κ3) is 7.10. The lowest BCUT2D eigenvalue weighted by Gasteiger charge is -2.20. The molecule has 258 valence electrons. The number of phenolic OH excluding ortho intramolecular Hbond substituents is 1. The van der Waals surface area contributed by atoms with E-state index in [0.717, 1.165) is 11.1 Å². The van der Waals surface area contributed by atoms with Crippen LogP contribution < -0.4 is 14.8 Å². The van der Waals surface area contributed by atoms with Crippen LogP contribution >= 0.6 is 23.2 Å². The number of hydrogen-bond acceptors (Lipinski definition) is 10. The van der Waals surface area contributed by atoms with E-state index < -0.39 is 12.0 Å². The van der Waals surface area contributed by atoms with Crippen LogP contribution in [0, 0.1) is 18.8 Å². The SMILES string of the molecule is CC#Cc1c(-c2ccc(O)c(Cl)c2C)c2c(NC(Cc3ccccc3OCc3ccnc(-c4ccccc4OC)n3)C(=O)OC)ncnn2c1Cl. The molecule has 2 N–H and O–H groups in total. The lowest BCUT2D eigenvalue weighted by molar-refractivity contribution is -0.141. The van der Waals surface area contributed by atoms with Crippen molar-refractivity contribution in [1.82, 2.24) is 24.6 Å². The molecular formula is C38H32Cl2N6O5. The maximum Gasteiger partial charge on any atom is 0.328 e. The lowest BCUT2D eigenvalue weighted by atomic mass is 9.97. The fourth-order valence-corrected chi connectivity index (χ4v) is 6.16. The van der Waals surface area contributed by atoms with Crippen molar-refractivity contribution in [2.45, 2.75) is 32.9 Å². The number of nitrogens with one attached hydrogen (secondary N) is 1. The molecule has 3 aromatic carbocycles. The zero-order valence-corrected chi connectivity index (χ0v) is 29.6. The summed E-state index contributed by atoms with van der Waals surface area (Å²) >= 11 is 13.3. The molecule has 0 bridgehead atoms. The van der Waals surface area contributed by atoms with Gasteiger partial charge in [-0.15, -0.1) is 5.92 Å². The minimum absolute atomic E-state index is 0.0616. The Bertz CT molecular complexity index is 2320. The van der Waals surface area contributed by atoms with Gasteiger partial charge in [-0.3, -0.25) is 0 Å². The standard InChI is InChI=1S/C38H32Cl2N6O5/c1-5-10-27-32(25-15-16-29(47)33(39)22(25)2)34-37(42-21-43-46(34)35(27)40)45-28(38(48)50-4)19-23-11-6-8-13-30(23)51-20-24-17-18-41-36(44-24)26-12-7-9-14-31(26)49-3/h6-9,11-18,21,28,47H,19-20H2,1-4H3,(H,42,43,45). The van der Waals surface area contributed by atoms with Gasteiger partial charge in [0.15, 0.2) is 11.6 Å². The van der Waals surface area contributed by atoms with Crippen LogP contribution in [0.4, 0.5) is 5.82 Å². The Hall–Kier alpha value is -5.83. The highest BCUT2D eigenvalue weighted by molar-refractivity contribution is 6.34. The number of methoxy groups -OCH3 is 2. The van der Waals surface area contributed by atoms with Crippen molar-refractivity contribution in [3.63, 3.8) is 0 Å². The normalized spacial score (nSPS) is 11.4. The fourth-order valence-electron chi connectivity index (χ4n) is 5.72. The molecule has 51 heavy (non-hydrogen) atoms. The zero-order chi connectivity index (χ0) is 36.1. The van der Waals surface area contributed by atoms with Gasteiger partial charge in [-0.1, -0.05) is 65.5 Å². The summed E-state index contributed by atoms with van der Waals surface area (Å²) < 4.78 is 18.5. The second-order valence-electron chi connectivity index (χ2n) is 11.2. The van der Waals surface area contributed by atoms with Crippen LogP contribution in [0.3, 0.4) is 0 Å². The number of aromatic nitrogens is 5. The first-order valence-corrected chi connectivity index (χ1v) is 16.5. The summed E-state index contributed by atoms with van der Waals surface area (Å²) in [6.45, 7) is 3.62. The maximum absolute atomic E-state index is 13.3. The van der Waals surface area contributed by atoms with Gasteiger partial charge in [0.05, 0.1) is 36.1 Å². The molecule has 0 aliphatic carbocycles. The summed E-state index contributed by atoms with van der Waals surface area (Å²) in [6, 6.07) is 19.0. The molecule has 6 aromatic rings. The van der Waals surface area contributed by atoms with E-state index in [4.69, 9.17) is 42.4 Å². The molecule has 0 spiro atoms. The first-order chi connectivity index (χ1) is 24.7. The van der Waals surface area contributed by atoms with Gasteiger partial charge in [-0.05, 0) is 60.9 Å². The quantitative estimate of drug-likeness (QED) is 0.103. The number of fused-ring (bicyclic) bond motifs is 1. The van der Waals surface area contributed by atoms with Gasteiger partial charge in [0.2, 0.25) is 0 Å². The topological polar surface area (TPSA) is 133 Å². The Morgan fingerprint density at radius 2 is 1.76 bits per heavy atom. The number of hydrogen-bond donors (Lipinski definition) is 2. The van der Waals surface area contributed by atoms with Crippen LogP contribution in [-0.4, -0.2) is 55.9 Å². The van der Waals surface area contributed by atoms with Crippen LogP contribution in [0.15, 0.2) is 79.3 Å². The summed E-state index contributed by atoms with van der Waals surface area (Å²) in [4.78, 5) is 27.0. The second-order valence-corrected chi connectivity index (χ2v) is 12.0. The van der Waals surface area contributed by atoms with E-state index >= 15 is 0 Å². The van der Waals surface area contributed by atoms with Crippen LogP contribution in [0.1, 0.15) is 29.3 Å². The number of para-hydroxylation sites is 2. The maximum atomic E-state index is 13.3. The molecule has 1 unspecified atom stereocenters. The molecule has 0 amide bonds. The summed E-state index contributed by atoms with van der Waals surface area (Å²) in [6.07, 6.45) is 3.17. The monoisotopic (exact) mass is 722 g/mol. The molecular weight excluding hydrogens is 691 g/mol. The van der Waals surface area contributed by atoms with Gasteiger partial charge < -0.3 is 24.6 Å². The van der Waals surface area contributed by atoms with Gasteiger partial charge >= 0.3 is 5.97 Å². The number of halogens is 2. The largest absolute Gasteiger partial charge is 0.506 e. The number of aromatic hydroxyl groups is 1. The van der Waals surface area contributed by atoms with Gasteiger partial charge in [0.25, 0.3) is 0 Å². The molecule has 0 radical (unpaired) electrons. The first-order valence-electron chi connectivity index (χ1n) is 15.7. The molecule has 1 atom stereocenters. The number of phenols is 1. The van der Waals surface area contributed by atoms with Crippen molar-refractivity contribution in [2.75, 3.05) is 19.5 Å². The van der Waals surface area contributed by atoms with Crippen molar-refractivity contribution in [3.05, 3.63) is 112 Å². The Balaban J connectivity index is 1.33. The second kappa shape index (κ2) is 15.4. The minimum atomic E-state index is -0.915. The van der Waals surface area contributed by atoms with E-state index in [2.05, 4.69) is 32.2 Å². The summed E-state index contributed by atoms with van der Waals surface area (Å²) in [5, 5.41) is 18.4. The molecule has 0 aliphatic rings. The molecule has 0 fully saturated rings. The van der Waals surface area contributed by atoms with E-state index in [0.29, 0.717) is 56.6 Å². The highest BCUT2D eigenvalue weighted by Gasteiger charge is 2.28. The number of rotatable bonds is 11. The average molecular weight is 724 g/mol. The van der Waals surface area contributed by atoms with E-state index in [1.165, 1.54) is 24.0 Å². The smallest absolute Gasteiger partial charge is 0.328 e. The minimum Gasteiger partial charge on any atom is -0.506 e.